The van der Waals surface area contributed by atoms with Crippen LogP contribution in [0.5, 0.6) is 0 Å². The molecule has 0 radical (unpaired) electrons. The number of carbonyl (C=O) groups is 5. The minimum Gasteiger partial charge on any atom is -0.468 e. The molecule has 2 unspecified atom stereocenters. The van der Waals surface area contributed by atoms with E-state index >= 15 is 0 Å². The molecule has 0 aliphatic heterocycles. The number of carbonyl (C=O) groups excluding carboxylic acids is 5. The zero-order valence-electron chi connectivity index (χ0n) is 21.7. The molecule has 1 aromatic carbocycles. The van der Waals surface area contributed by atoms with Gasteiger partial charge in [-0.1, -0.05) is 18.2 Å². The molecular weight excluding hydrogens is 468 g/mol. The number of rotatable bonds is 10. The van der Waals surface area contributed by atoms with Crippen molar-refractivity contribution in [1.29, 1.82) is 0 Å². The third kappa shape index (κ3) is 8.24. The Morgan fingerprint density at radius 1 is 1.11 bits per heavy atom. The molecule has 0 bridgehead atoms. The van der Waals surface area contributed by atoms with Crippen LogP contribution in [0.15, 0.2) is 18.2 Å². The largest absolute Gasteiger partial charge is 0.468 e. The molecule has 11 nitrogen and oxygen atoms in total. The Bertz CT molecular complexity index is 1010. The minimum absolute atomic E-state index is 0.302. The molecule has 1 aliphatic rings. The minimum atomic E-state index is -1.35. The third-order valence-electron chi connectivity index (χ3n) is 5.60. The molecule has 198 valence electrons. The summed E-state index contributed by atoms with van der Waals surface area (Å²) in [4.78, 5) is 64.4. The molecule has 1 fully saturated rings. The van der Waals surface area contributed by atoms with Crippen molar-refractivity contribution in [2.75, 3.05) is 13.7 Å². The van der Waals surface area contributed by atoms with E-state index in [4.69, 9.17) is 10.5 Å². The summed E-state index contributed by atoms with van der Waals surface area (Å²) in [5, 5.41) is 4.96. The fraction of sp³-hybridized carbons (Fsp3) is 0.560. The summed E-state index contributed by atoms with van der Waals surface area (Å²) >= 11 is 0. The zero-order valence-corrected chi connectivity index (χ0v) is 21.7. The van der Waals surface area contributed by atoms with E-state index in [9.17, 15) is 24.0 Å². The fourth-order valence-electron chi connectivity index (χ4n) is 3.60. The molecule has 2 atom stereocenters. The highest BCUT2D eigenvalue weighted by Crippen LogP contribution is 2.36. The number of ether oxygens (including phenoxy) is 2. The summed E-state index contributed by atoms with van der Waals surface area (Å²) in [6.45, 7) is 8.40. The number of primary amides is 1. The molecule has 4 amide bonds. The maximum atomic E-state index is 13.8. The monoisotopic (exact) mass is 504 g/mol. The first-order valence-electron chi connectivity index (χ1n) is 11.7. The molecule has 0 spiro atoms. The maximum absolute atomic E-state index is 13.8. The number of esters is 1. The number of benzene rings is 1. The van der Waals surface area contributed by atoms with E-state index in [0.29, 0.717) is 18.4 Å². The number of hydrogen-bond acceptors (Lipinski definition) is 7. The van der Waals surface area contributed by atoms with Gasteiger partial charge in [0.1, 0.15) is 24.2 Å². The zero-order chi connectivity index (χ0) is 27.2. The number of amides is 4. The SMILES string of the molecule is COC(=O)CNC(=O)C(c1ccc(C)c(C)c1)N(C(=O)C(CC(N)=O)NC(=O)OC(C)(C)C)C1CC1. The standard InChI is InChI=1S/C25H36N4O7/c1-14-7-8-16(11-15(14)2)21(22(32)27-13-20(31)35-6)29(17-9-10-17)23(33)18(12-19(26)30)28-24(34)36-25(3,4)5/h7-8,11,17-18,21H,9-10,12-13H2,1-6H3,(H2,26,30)(H,27,32)(H,28,34). The lowest BCUT2D eigenvalue weighted by Gasteiger charge is -2.34. The number of nitrogens with zero attached hydrogens (tertiary/aromatic N) is 1. The first kappa shape index (κ1) is 28.6. The molecule has 1 saturated carbocycles. The Morgan fingerprint density at radius 2 is 1.75 bits per heavy atom. The smallest absolute Gasteiger partial charge is 0.408 e. The summed E-state index contributed by atoms with van der Waals surface area (Å²) in [6.07, 6.45) is -0.110. The van der Waals surface area contributed by atoms with Gasteiger partial charge in [-0.2, -0.15) is 0 Å². The van der Waals surface area contributed by atoms with E-state index in [2.05, 4.69) is 15.4 Å². The summed E-state index contributed by atoms with van der Waals surface area (Å²) in [5.41, 5.74) is 6.96. The highest BCUT2D eigenvalue weighted by Gasteiger charge is 2.44. The highest BCUT2D eigenvalue weighted by atomic mass is 16.6. The normalized spacial score (nSPS) is 14.7. The van der Waals surface area contributed by atoms with E-state index in [1.807, 2.05) is 19.9 Å². The molecular formula is C25H36N4O7. The quantitative estimate of drug-likeness (QED) is 0.406. The molecule has 1 aromatic rings. The predicted molar refractivity (Wildman–Crippen MR) is 131 cm³/mol. The van der Waals surface area contributed by atoms with Gasteiger partial charge in [0.15, 0.2) is 0 Å². The molecule has 0 heterocycles. The van der Waals surface area contributed by atoms with Crippen LogP contribution in [0.4, 0.5) is 4.79 Å². The Kier molecular flexibility index (Phi) is 9.43. The van der Waals surface area contributed by atoms with Crippen molar-refractivity contribution in [2.45, 2.75) is 77.6 Å². The van der Waals surface area contributed by atoms with Crippen molar-refractivity contribution in [1.82, 2.24) is 15.5 Å². The number of alkyl carbamates (subject to hydrolysis) is 1. The van der Waals surface area contributed by atoms with E-state index in [-0.39, 0.29) is 12.6 Å². The molecule has 4 N–H and O–H groups in total. The van der Waals surface area contributed by atoms with Crippen molar-refractivity contribution in [3.63, 3.8) is 0 Å². The number of methoxy groups -OCH3 is 1. The van der Waals surface area contributed by atoms with Gasteiger partial charge in [-0.3, -0.25) is 19.2 Å². The van der Waals surface area contributed by atoms with E-state index in [0.717, 1.165) is 11.1 Å². The van der Waals surface area contributed by atoms with Crippen LogP contribution in [0, 0.1) is 13.8 Å². The van der Waals surface area contributed by atoms with Crippen LogP contribution in [-0.2, 0) is 28.7 Å². The van der Waals surface area contributed by atoms with Crippen molar-refractivity contribution in [3.05, 3.63) is 34.9 Å². The van der Waals surface area contributed by atoms with Crippen molar-refractivity contribution >= 4 is 29.8 Å². The second-order valence-electron chi connectivity index (χ2n) is 9.89. The van der Waals surface area contributed by atoms with Gasteiger partial charge >= 0.3 is 12.1 Å². The van der Waals surface area contributed by atoms with Gasteiger partial charge < -0.3 is 30.7 Å². The number of hydrogen-bond donors (Lipinski definition) is 3. The third-order valence-corrected chi connectivity index (χ3v) is 5.60. The molecule has 0 aromatic heterocycles. The number of nitrogens with one attached hydrogen (secondary N) is 2. The molecule has 36 heavy (non-hydrogen) atoms. The summed E-state index contributed by atoms with van der Waals surface area (Å²) in [6, 6.07) is 2.59. The van der Waals surface area contributed by atoms with Gasteiger partial charge in [0.05, 0.1) is 13.5 Å². The lowest BCUT2D eigenvalue weighted by Crippen LogP contribution is -2.55. The van der Waals surface area contributed by atoms with Crippen LogP contribution >= 0.6 is 0 Å². The Labute approximate surface area is 211 Å². The second-order valence-corrected chi connectivity index (χ2v) is 9.89. The first-order valence-corrected chi connectivity index (χ1v) is 11.7. The lowest BCUT2D eigenvalue weighted by molar-refractivity contribution is -0.145. The van der Waals surface area contributed by atoms with Crippen molar-refractivity contribution in [2.24, 2.45) is 5.73 Å². The van der Waals surface area contributed by atoms with Gasteiger partial charge in [-0.05, 0) is 64.2 Å². The average molecular weight is 505 g/mol. The lowest BCUT2D eigenvalue weighted by atomic mass is 9.98. The molecule has 11 heteroatoms. The summed E-state index contributed by atoms with van der Waals surface area (Å²) in [7, 11) is 1.20. The first-order chi connectivity index (χ1) is 16.7. The van der Waals surface area contributed by atoms with Crippen LogP contribution in [0.1, 0.15) is 62.8 Å². The van der Waals surface area contributed by atoms with Gasteiger partial charge in [-0.25, -0.2) is 4.79 Å². The van der Waals surface area contributed by atoms with Gasteiger partial charge in [0.2, 0.25) is 17.7 Å². The number of aryl methyl sites for hydroxylation is 2. The Balaban J connectivity index is 2.47. The summed E-state index contributed by atoms with van der Waals surface area (Å²) < 4.78 is 9.86. The van der Waals surface area contributed by atoms with E-state index in [1.165, 1.54) is 12.0 Å². The van der Waals surface area contributed by atoms with Crippen molar-refractivity contribution < 1.29 is 33.4 Å². The average Bonchev–Trinajstić information content (AvgIpc) is 3.60. The maximum Gasteiger partial charge on any atom is 0.408 e. The van der Waals surface area contributed by atoms with E-state index in [1.54, 1.807) is 32.9 Å². The van der Waals surface area contributed by atoms with Gasteiger partial charge in [-0.15, -0.1) is 0 Å². The highest BCUT2D eigenvalue weighted by molar-refractivity contribution is 5.95. The second kappa shape index (κ2) is 11.9. The van der Waals surface area contributed by atoms with Crippen LogP contribution in [0.25, 0.3) is 0 Å². The Hall–Kier alpha value is -3.63. The molecule has 0 saturated heterocycles. The van der Waals surface area contributed by atoms with Crippen LogP contribution in [0.2, 0.25) is 0 Å². The predicted octanol–water partition coefficient (Wildman–Crippen LogP) is 1.39. The molecule has 1 aliphatic carbocycles. The summed E-state index contributed by atoms with van der Waals surface area (Å²) in [5.74, 6) is -2.71. The topological polar surface area (TPSA) is 157 Å². The molecule has 2 rings (SSSR count). The van der Waals surface area contributed by atoms with Crippen LogP contribution < -0.4 is 16.4 Å². The van der Waals surface area contributed by atoms with Crippen LogP contribution in [0.3, 0.4) is 0 Å². The Morgan fingerprint density at radius 3 is 2.25 bits per heavy atom. The van der Waals surface area contributed by atoms with Crippen molar-refractivity contribution in [3.8, 4) is 0 Å². The van der Waals surface area contributed by atoms with Gasteiger partial charge in [0, 0.05) is 6.04 Å². The number of nitrogens with two attached hydrogens (primary N) is 1. The van der Waals surface area contributed by atoms with E-state index < -0.39 is 53.9 Å². The van der Waals surface area contributed by atoms with Gasteiger partial charge in [0.25, 0.3) is 0 Å². The fourth-order valence-corrected chi connectivity index (χ4v) is 3.60. The van der Waals surface area contributed by atoms with Crippen LogP contribution in [-0.4, -0.2) is 66.0 Å².